The second kappa shape index (κ2) is 10.2. The smallest absolute Gasteiger partial charge is 0.151 e. The molecule has 0 fully saturated rings. The molecule has 4 rings (SSSR count). The summed E-state index contributed by atoms with van der Waals surface area (Å²) in [5.74, 6) is -0.522. The summed E-state index contributed by atoms with van der Waals surface area (Å²) in [6.07, 6.45) is 10.7. The number of carbonyl (C=O) groups is 1. The van der Waals surface area contributed by atoms with Crippen molar-refractivity contribution in [3.63, 3.8) is 0 Å². The zero-order valence-corrected chi connectivity index (χ0v) is 17.9. The van der Waals surface area contributed by atoms with Crippen LogP contribution < -0.4 is 11.5 Å². The number of rotatable bonds is 10. The molecular formula is C25H28N6O. The summed E-state index contributed by atoms with van der Waals surface area (Å²) in [6, 6.07) is 16.0. The van der Waals surface area contributed by atoms with Crippen LogP contribution in [0.15, 0.2) is 86.0 Å². The van der Waals surface area contributed by atoms with E-state index >= 15 is 0 Å². The first-order valence-electron chi connectivity index (χ1n) is 10.7. The minimum absolute atomic E-state index is 0.147. The van der Waals surface area contributed by atoms with E-state index < -0.39 is 0 Å². The fourth-order valence-electron chi connectivity index (χ4n) is 3.95. The van der Waals surface area contributed by atoms with Crippen LogP contribution in [0.3, 0.4) is 0 Å². The van der Waals surface area contributed by atoms with Crippen LogP contribution in [0, 0.1) is 0 Å². The zero-order valence-electron chi connectivity index (χ0n) is 17.9. The molecule has 2 atom stereocenters. The molecule has 2 unspecified atom stereocenters. The monoisotopic (exact) mass is 428 g/mol. The van der Waals surface area contributed by atoms with Gasteiger partial charge >= 0.3 is 0 Å². The fraction of sp³-hybridized carbons (Fsp3) is 0.240. The van der Waals surface area contributed by atoms with E-state index in [4.69, 9.17) is 11.5 Å². The predicted octanol–water partition coefficient (Wildman–Crippen LogP) is 2.83. The zero-order chi connectivity index (χ0) is 22.3. The van der Waals surface area contributed by atoms with Gasteiger partial charge < -0.3 is 20.6 Å². The first kappa shape index (κ1) is 21.7. The molecule has 0 spiro atoms. The van der Waals surface area contributed by atoms with E-state index in [0.717, 1.165) is 22.3 Å². The van der Waals surface area contributed by atoms with Crippen molar-refractivity contribution in [2.24, 2.45) is 11.5 Å². The molecule has 4 N–H and O–H groups in total. The minimum atomic E-state index is -0.335. The molecule has 7 heteroatoms. The SMILES string of the molecule is NCc1ccc(C(Cn2ccnc2)C(=O)C(Cn2ccnc2)c2ccc(CN)cc2)cc1. The summed E-state index contributed by atoms with van der Waals surface area (Å²) in [6.45, 7) is 1.97. The van der Waals surface area contributed by atoms with Crippen molar-refractivity contribution in [1.82, 2.24) is 19.1 Å². The van der Waals surface area contributed by atoms with Crippen LogP contribution in [0.4, 0.5) is 0 Å². The third-order valence-corrected chi connectivity index (χ3v) is 5.83. The highest BCUT2D eigenvalue weighted by molar-refractivity contribution is 5.91. The van der Waals surface area contributed by atoms with Crippen molar-refractivity contribution in [3.8, 4) is 0 Å². The second-order valence-electron chi connectivity index (χ2n) is 7.92. The number of Topliss-reactive ketones (excluding diaryl/α,β-unsaturated/α-hetero) is 1. The maximum atomic E-state index is 14.1. The van der Waals surface area contributed by atoms with E-state index in [1.165, 1.54) is 0 Å². The number of benzene rings is 2. The Kier molecular flexibility index (Phi) is 6.89. The molecule has 0 saturated heterocycles. The van der Waals surface area contributed by atoms with E-state index in [1.807, 2.05) is 70.1 Å². The topological polar surface area (TPSA) is 105 Å². The van der Waals surface area contributed by atoms with Gasteiger partial charge in [-0.25, -0.2) is 9.97 Å². The summed E-state index contributed by atoms with van der Waals surface area (Å²) >= 11 is 0. The number of nitrogens with zero attached hydrogens (tertiary/aromatic N) is 4. The van der Waals surface area contributed by atoms with Crippen LogP contribution in [0.1, 0.15) is 34.1 Å². The van der Waals surface area contributed by atoms with Crippen LogP contribution in [0.25, 0.3) is 0 Å². The molecule has 0 radical (unpaired) electrons. The van der Waals surface area contributed by atoms with Gasteiger partial charge in [0.1, 0.15) is 0 Å². The minimum Gasteiger partial charge on any atom is -0.336 e. The van der Waals surface area contributed by atoms with Crippen molar-refractivity contribution >= 4 is 5.78 Å². The largest absolute Gasteiger partial charge is 0.336 e. The fourth-order valence-corrected chi connectivity index (χ4v) is 3.95. The Morgan fingerprint density at radius 2 is 1.12 bits per heavy atom. The highest BCUT2D eigenvalue weighted by Gasteiger charge is 2.30. The second-order valence-corrected chi connectivity index (χ2v) is 7.92. The summed E-state index contributed by atoms with van der Waals surface area (Å²) in [7, 11) is 0. The highest BCUT2D eigenvalue weighted by atomic mass is 16.1. The molecular weight excluding hydrogens is 400 g/mol. The van der Waals surface area contributed by atoms with Crippen LogP contribution in [0.5, 0.6) is 0 Å². The molecule has 2 heterocycles. The van der Waals surface area contributed by atoms with Gasteiger partial charge in [0.25, 0.3) is 0 Å². The molecule has 7 nitrogen and oxygen atoms in total. The standard InChI is InChI=1S/C25H28N6O/c26-13-19-1-5-21(6-2-19)23(15-30-11-9-28-17-30)25(32)24(16-31-12-10-29-18-31)22-7-3-20(14-27)4-8-22/h1-12,17-18,23-24H,13-16,26-27H2. The number of ketones is 1. The molecule has 0 aliphatic heterocycles. The van der Waals surface area contributed by atoms with Crippen LogP contribution in [0.2, 0.25) is 0 Å². The summed E-state index contributed by atoms with van der Waals surface area (Å²) in [5.41, 5.74) is 15.6. The summed E-state index contributed by atoms with van der Waals surface area (Å²) in [5, 5.41) is 0. The van der Waals surface area contributed by atoms with Crippen molar-refractivity contribution < 1.29 is 4.79 Å². The Morgan fingerprint density at radius 3 is 1.44 bits per heavy atom. The van der Waals surface area contributed by atoms with E-state index in [9.17, 15) is 4.79 Å². The van der Waals surface area contributed by atoms with Gasteiger partial charge in [-0.3, -0.25) is 4.79 Å². The molecule has 0 amide bonds. The van der Waals surface area contributed by atoms with Crippen LogP contribution in [-0.4, -0.2) is 24.9 Å². The predicted molar refractivity (Wildman–Crippen MR) is 124 cm³/mol. The highest BCUT2D eigenvalue weighted by Crippen LogP contribution is 2.30. The van der Waals surface area contributed by atoms with E-state index in [-0.39, 0.29) is 17.6 Å². The Hall–Kier alpha value is -3.55. The van der Waals surface area contributed by atoms with Gasteiger partial charge in [0.15, 0.2) is 5.78 Å². The number of hydrogen-bond acceptors (Lipinski definition) is 5. The van der Waals surface area contributed by atoms with E-state index in [1.54, 1.807) is 25.0 Å². The quantitative estimate of drug-likeness (QED) is 0.404. The van der Waals surface area contributed by atoms with Gasteiger partial charge in [0, 0.05) is 51.0 Å². The Labute approximate surface area is 187 Å². The molecule has 0 aliphatic carbocycles. The van der Waals surface area contributed by atoms with Crippen molar-refractivity contribution in [2.75, 3.05) is 0 Å². The number of aromatic nitrogens is 4. The van der Waals surface area contributed by atoms with Gasteiger partial charge in [0.05, 0.1) is 24.5 Å². The molecule has 4 aromatic rings. The normalized spacial score (nSPS) is 13.1. The maximum absolute atomic E-state index is 14.1. The third-order valence-electron chi connectivity index (χ3n) is 5.83. The van der Waals surface area contributed by atoms with Gasteiger partial charge in [-0.1, -0.05) is 48.5 Å². The lowest BCUT2D eigenvalue weighted by molar-refractivity contribution is -0.122. The number of hydrogen-bond donors (Lipinski definition) is 2. The summed E-state index contributed by atoms with van der Waals surface area (Å²) in [4.78, 5) is 22.4. The molecule has 0 bridgehead atoms. The lowest BCUT2D eigenvalue weighted by Crippen LogP contribution is -2.27. The average molecular weight is 429 g/mol. The Morgan fingerprint density at radius 1 is 0.719 bits per heavy atom. The lowest BCUT2D eigenvalue weighted by Gasteiger charge is -2.24. The van der Waals surface area contributed by atoms with E-state index in [0.29, 0.717) is 26.2 Å². The lowest BCUT2D eigenvalue weighted by atomic mass is 9.83. The molecule has 164 valence electrons. The van der Waals surface area contributed by atoms with Crippen molar-refractivity contribution in [3.05, 3.63) is 108 Å². The summed E-state index contributed by atoms with van der Waals surface area (Å²) < 4.78 is 3.90. The maximum Gasteiger partial charge on any atom is 0.151 e. The van der Waals surface area contributed by atoms with Gasteiger partial charge in [-0.15, -0.1) is 0 Å². The van der Waals surface area contributed by atoms with Crippen LogP contribution >= 0.6 is 0 Å². The first-order valence-corrected chi connectivity index (χ1v) is 10.7. The first-order chi connectivity index (χ1) is 15.7. The Balaban J connectivity index is 1.71. The molecule has 0 aliphatic rings. The van der Waals surface area contributed by atoms with Gasteiger partial charge in [0.2, 0.25) is 0 Å². The average Bonchev–Trinajstić information content (AvgIpc) is 3.55. The third kappa shape index (κ3) is 5.01. The number of carbonyl (C=O) groups excluding carboxylic acids is 1. The molecule has 2 aromatic heterocycles. The van der Waals surface area contributed by atoms with Gasteiger partial charge in [-0.2, -0.15) is 0 Å². The number of nitrogens with two attached hydrogens (primary N) is 2. The molecule has 32 heavy (non-hydrogen) atoms. The van der Waals surface area contributed by atoms with Crippen molar-refractivity contribution in [1.29, 1.82) is 0 Å². The molecule has 2 aromatic carbocycles. The molecule has 0 saturated carbocycles. The van der Waals surface area contributed by atoms with Crippen molar-refractivity contribution in [2.45, 2.75) is 38.0 Å². The van der Waals surface area contributed by atoms with Gasteiger partial charge in [-0.05, 0) is 22.3 Å². The van der Waals surface area contributed by atoms with E-state index in [2.05, 4.69) is 9.97 Å². The van der Waals surface area contributed by atoms with Crippen LogP contribution in [-0.2, 0) is 31.0 Å². The Bertz CT molecular complexity index is 1010. The number of imidazole rings is 2.